The van der Waals surface area contributed by atoms with Crippen LogP contribution in [-0.2, 0) is 4.79 Å². The molecule has 1 amide bonds. The van der Waals surface area contributed by atoms with Crippen LogP contribution in [0.5, 0.6) is 23.0 Å². The highest BCUT2D eigenvalue weighted by Gasteiger charge is 2.20. The molecule has 0 saturated heterocycles. The van der Waals surface area contributed by atoms with E-state index in [0.717, 1.165) is 19.1 Å². The number of hydrogen-bond acceptors (Lipinski definition) is 8. The maximum absolute atomic E-state index is 12.5. The maximum atomic E-state index is 12.5. The Morgan fingerprint density at radius 2 is 1.69 bits per heavy atom. The molecule has 2 N–H and O–H groups in total. The van der Waals surface area contributed by atoms with Crippen LogP contribution in [0.3, 0.4) is 0 Å². The van der Waals surface area contributed by atoms with Crippen molar-refractivity contribution in [3.05, 3.63) is 46.6 Å². The summed E-state index contributed by atoms with van der Waals surface area (Å²) in [4.78, 5) is 36.5. The van der Waals surface area contributed by atoms with Crippen molar-refractivity contribution >= 4 is 23.0 Å². The van der Waals surface area contributed by atoms with Gasteiger partial charge >= 0.3 is 12.1 Å². The fourth-order valence-corrected chi connectivity index (χ4v) is 2.54. The van der Waals surface area contributed by atoms with Crippen molar-refractivity contribution in [2.75, 3.05) is 14.1 Å². The highest BCUT2D eigenvalue weighted by atomic mass is 16.6. The molecule has 29 heavy (non-hydrogen) atoms. The van der Waals surface area contributed by atoms with E-state index >= 15 is 0 Å². The normalized spacial score (nSPS) is 10.6. The Hall–Kier alpha value is -4.01. The number of amides is 1. The molecule has 150 valence electrons. The lowest BCUT2D eigenvalue weighted by atomic mass is 10.1. The van der Waals surface area contributed by atoms with E-state index in [-0.39, 0.29) is 16.7 Å². The van der Waals surface area contributed by atoms with Gasteiger partial charge in [0, 0.05) is 38.7 Å². The van der Waals surface area contributed by atoms with Gasteiger partial charge in [-0.2, -0.15) is 0 Å². The van der Waals surface area contributed by atoms with Gasteiger partial charge in [0.15, 0.2) is 16.9 Å². The Bertz CT molecular complexity index is 1160. The summed E-state index contributed by atoms with van der Waals surface area (Å²) in [6.07, 6.45) is -0.537. The number of carbonyl (C=O) groups excluding carboxylic acids is 2. The van der Waals surface area contributed by atoms with Gasteiger partial charge in [-0.15, -0.1) is 0 Å². The number of nitrogens with zero attached hydrogens (tertiary/aromatic N) is 1. The Morgan fingerprint density at radius 3 is 2.28 bits per heavy atom. The second kappa shape index (κ2) is 7.55. The van der Waals surface area contributed by atoms with Crippen LogP contribution in [0.25, 0.3) is 22.3 Å². The summed E-state index contributed by atoms with van der Waals surface area (Å²) in [6.45, 7) is 1.09. The second-order valence-corrected chi connectivity index (χ2v) is 6.30. The van der Waals surface area contributed by atoms with Gasteiger partial charge < -0.3 is 29.0 Å². The van der Waals surface area contributed by atoms with Gasteiger partial charge in [-0.1, -0.05) is 0 Å². The number of benzene rings is 2. The number of aromatic hydroxyl groups is 2. The first-order chi connectivity index (χ1) is 13.7. The topological polar surface area (TPSA) is 127 Å². The van der Waals surface area contributed by atoms with Gasteiger partial charge in [-0.05, 0) is 24.3 Å². The zero-order valence-corrected chi connectivity index (χ0v) is 15.8. The minimum Gasteiger partial charge on any atom is -0.504 e. The fraction of sp³-hybridized carbons (Fsp3) is 0.150. The molecule has 0 atom stereocenters. The number of carbonyl (C=O) groups is 2. The zero-order chi connectivity index (χ0) is 21.3. The molecule has 9 nitrogen and oxygen atoms in total. The van der Waals surface area contributed by atoms with Crippen LogP contribution >= 0.6 is 0 Å². The summed E-state index contributed by atoms with van der Waals surface area (Å²) in [5.41, 5.74) is -0.200. The second-order valence-electron chi connectivity index (χ2n) is 6.30. The minimum absolute atomic E-state index is 0.0958. The largest absolute Gasteiger partial charge is 0.504 e. The van der Waals surface area contributed by atoms with Gasteiger partial charge in [-0.3, -0.25) is 9.59 Å². The third-order valence-corrected chi connectivity index (χ3v) is 3.88. The van der Waals surface area contributed by atoms with Crippen molar-refractivity contribution in [3.63, 3.8) is 0 Å². The zero-order valence-electron chi connectivity index (χ0n) is 15.8. The van der Waals surface area contributed by atoms with E-state index in [1.54, 1.807) is 26.2 Å². The number of hydrogen-bond donors (Lipinski definition) is 2. The molecule has 0 spiro atoms. The maximum Gasteiger partial charge on any atom is 0.414 e. The highest BCUT2D eigenvalue weighted by molar-refractivity contribution is 5.90. The van der Waals surface area contributed by atoms with Crippen molar-refractivity contribution < 1.29 is 33.7 Å². The average molecular weight is 399 g/mol. The molecule has 3 aromatic rings. The molecule has 0 aliphatic carbocycles. The van der Waals surface area contributed by atoms with Crippen LogP contribution < -0.4 is 14.9 Å². The first kappa shape index (κ1) is 19.7. The Kier molecular flexibility index (Phi) is 5.14. The molecule has 1 heterocycles. The van der Waals surface area contributed by atoms with Crippen molar-refractivity contribution in [2.45, 2.75) is 6.92 Å². The number of phenols is 2. The molecule has 0 unspecified atom stereocenters. The molecule has 1 aromatic heterocycles. The van der Waals surface area contributed by atoms with Crippen LogP contribution in [0.1, 0.15) is 6.92 Å². The lowest BCUT2D eigenvalue weighted by Crippen LogP contribution is -2.25. The predicted octanol–water partition coefficient (Wildman–Crippen LogP) is 2.86. The summed E-state index contributed by atoms with van der Waals surface area (Å²) in [7, 11) is 3.11. The number of ether oxygens (including phenoxy) is 2. The molecular weight excluding hydrogens is 382 g/mol. The summed E-state index contributed by atoms with van der Waals surface area (Å²) in [6, 6.07) is 8.44. The standard InChI is InChI=1S/C20H17NO8/c1-10(22)27-19-14(24)9-16-17(18(19)25)13(23)8-15(29-16)11-4-6-12(7-5-11)28-20(26)21(2)3/h4-9,24-25H,1-3H3. The molecule has 9 heteroatoms. The van der Waals surface area contributed by atoms with Crippen LogP contribution in [0, 0.1) is 0 Å². The molecule has 0 bridgehead atoms. The van der Waals surface area contributed by atoms with Gasteiger partial charge in [-0.25, -0.2) is 4.79 Å². The SMILES string of the molecule is CC(=O)Oc1c(O)cc2oc(-c3ccc(OC(=O)N(C)C)cc3)cc(=O)c2c1O. The molecule has 3 rings (SSSR count). The van der Waals surface area contributed by atoms with E-state index in [1.807, 2.05) is 0 Å². The summed E-state index contributed by atoms with van der Waals surface area (Å²) in [5, 5.41) is 20.0. The number of fused-ring (bicyclic) bond motifs is 1. The third kappa shape index (κ3) is 3.98. The van der Waals surface area contributed by atoms with Gasteiger partial charge in [0.25, 0.3) is 0 Å². The Labute approximate surface area is 164 Å². The molecule has 0 saturated carbocycles. The quantitative estimate of drug-likeness (QED) is 0.508. The first-order valence-corrected chi connectivity index (χ1v) is 8.38. The summed E-state index contributed by atoms with van der Waals surface area (Å²) < 4.78 is 15.5. The van der Waals surface area contributed by atoms with Crippen molar-refractivity contribution in [3.8, 4) is 34.3 Å². The fourth-order valence-electron chi connectivity index (χ4n) is 2.54. The number of esters is 1. The molecule has 0 fully saturated rings. The monoisotopic (exact) mass is 399 g/mol. The van der Waals surface area contributed by atoms with Crippen LogP contribution in [0.4, 0.5) is 4.79 Å². The van der Waals surface area contributed by atoms with Crippen LogP contribution in [-0.4, -0.2) is 41.3 Å². The lowest BCUT2D eigenvalue weighted by molar-refractivity contribution is -0.132. The van der Waals surface area contributed by atoms with Crippen molar-refractivity contribution in [1.29, 1.82) is 0 Å². The number of rotatable bonds is 3. The van der Waals surface area contributed by atoms with E-state index in [4.69, 9.17) is 13.9 Å². The van der Waals surface area contributed by atoms with Crippen molar-refractivity contribution in [1.82, 2.24) is 4.90 Å². The smallest absolute Gasteiger partial charge is 0.414 e. The third-order valence-electron chi connectivity index (χ3n) is 3.88. The molecule has 2 aromatic carbocycles. The first-order valence-electron chi connectivity index (χ1n) is 8.38. The van der Waals surface area contributed by atoms with E-state index in [1.165, 1.54) is 17.0 Å². The van der Waals surface area contributed by atoms with E-state index in [9.17, 15) is 24.6 Å². The van der Waals surface area contributed by atoms with Crippen LogP contribution in [0.2, 0.25) is 0 Å². The summed E-state index contributed by atoms with van der Waals surface area (Å²) in [5.74, 6) is -2.08. The molecular formula is C20H17NO8. The minimum atomic E-state index is -0.772. The average Bonchev–Trinajstić information content (AvgIpc) is 2.64. The lowest BCUT2D eigenvalue weighted by Gasteiger charge is -2.11. The summed E-state index contributed by atoms with van der Waals surface area (Å²) >= 11 is 0. The molecule has 0 aliphatic heterocycles. The Morgan fingerprint density at radius 1 is 1.03 bits per heavy atom. The van der Waals surface area contributed by atoms with Crippen LogP contribution in [0.15, 0.2) is 45.6 Å². The Balaban J connectivity index is 2.02. The molecule has 0 aliphatic rings. The number of phenolic OH excluding ortho intramolecular Hbond substituents is 2. The predicted molar refractivity (Wildman–Crippen MR) is 102 cm³/mol. The van der Waals surface area contributed by atoms with E-state index < -0.39 is 34.7 Å². The molecule has 0 radical (unpaired) electrons. The van der Waals surface area contributed by atoms with Gasteiger partial charge in [0.2, 0.25) is 5.75 Å². The highest BCUT2D eigenvalue weighted by Crippen LogP contribution is 2.41. The van der Waals surface area contributed by atoms with Gasteiger partial charge in [0.1, 0.15) is 22.5 Å². The van der Waals surface area contributed by atoms with E-state index in [0.29, 0.717) is 11.3 Å². The van der Waals surface area contributed by atoms with Gasteiger partial charge in [0.05, 0.1) is 0 Å². The van der Waals surface area contributed by atoms with Crippen molar-refractivity contribution in [2.24, 2.45) is 0 Å². The van der Waals surface area contributed by atoms with E-state index in [2.05, 4.69) is 0 Å².